The number of aliphatic hydroxyl groups is 1. The van der Waals surface area contributed by atoms with Crippen molar-refractivity contribution in [1.29, 1.82) is 0 Å². The first-order chi connectivity index (χ1) is 7.60. The van der Waals surface area contributed by atoms with Gasteiger partial charge in [-0.15, -0.1) is 0 Å². The van der Waals surface area contributed by atoms with Gasteiger partial charge in [0.2, 0.25) is 0 Å². The van der Waals surface area contributed by atoms with Gasteiger partial charge < -0.3 is 14.6 Å². The Morgan fingerprint density at radius 1 is 1.56 bits per heavy atom. The van der Waals surface area contributed by atoms with Gasteiger partial charge in [-0.25, -0.2) is 0 Å². The number of aliphatic hydroxyl groups excluding tert-OH is 1. The highest BCUT2D eigenvalue weighted by Gasteiger charge is 2.12. The van der Waals surface area contributed by atoms with Gasteiger partial charge in [0.1, 0.15) is 12.4 Å². The molecule has 0 aliphatic rings. The number of ether oxygens (including phenoxy) is 2. The van der Waals surface area contributed by atoms with E-state index in [0.717, 1.165) is 5.56 Å². The lowest BCUT2D eigenvalue weighted by atomic mass is 10.1. The normalized spacial score (nSPS) is 10.0. The molecule has 1 aromatic heterocycles. The summed E-state index contributed by atoms with van der Waals surface area (Å²) >= 11 is 0. The molecule has 1 heterocycles. The molecule has 88 valence electrons. The molecule has 0 amide bonds. The van der Waals surface area contributed by atoms with Crippen molar-refractivity contribution in [2.24, 2.45) is 0 Å². The SMILES string of the molecule is COc1c(CO)cnc(COC(C)=O)c1C. The summed E-state index contributed by atoms with van der Waals surface area (Å²) in [6.45, 7) is 3.13. The molecule has 0 aliphatic carbocycles. The highest BCUT2D eigenvalue weighted by Crippen LogP contribution is 2.25. The largest absolute Gasteiger partial charge is 0.496 e. The molecule has 5 heteroatoms. The Balaban J connectivity index is 2.99. The number of carbonyl (C=O) groups is 1. The molecule has 0 spiro atoms. The maximum absolute atomic E-state index is 10.7. The number of methoxy groups -OCH3 is 1. The summed E-state index contributed by atoms with van der Waals surface area (Å²) in [5, 5.41) is 9.08. The quantitative estimate of drug-likeness (QED) is 0.773. The van der Waals surface area contributed by atoms with Gasteiger partial charge in [-0.1, -0.05) is 0 Å². The van der Waals surface area contributed by atoms with Crippen molar-refractivity contribution in [3.8, 4) is 5.75 Å². The predicted octanol–water partition coefficient (Wildman–Crippen LogP) is 0.954. The van der Waals surface area contributed by atoms with Gasteiger partial charge in [0.15, 0.2) is 0 Å². The van der Waals surface area contributed by atoms with Crippen LogP contribution in [0.1, 0.15) is 23.7 Å². The second-order valence-electron chi connectivity index (χ2n) is 3.33. The number of rotatable bonds is 4. The molecule has 0 bridgehead atoms. The summed E-state index contributed by atoms with van der Waals surface area (Å²) in [4.78, 5) is 14.8. The van der Waals surface area contributed by atoms with Crippen molar-refractivity contribution in [3.63, 3.8) is 0 Å². The van der Waals surface area contributed by atoms with E-state index < -0.39 is 0 Å². The number of nitrogens with zero attached hydrogens (tertiary/aromatic N) is 1. The molecule has 0 radical (unpaired) electrons. The third kappa shape index (κ3) is 2.70. The molecular formula is C11H15NO4. The first-order valence-electron chi connectivity index (χ1n) is 4.85. The molecule has 0 fully saturated rings. The number of hydrogen-bond acceptors (Lipinski definition) is 5. The molecule has 1 rings (SSSR count). The summed E-state index contributed by atoms with van der Waals surface area (Å²) < 4.78 is 10.0. The van der Waals surface area contributed by atoms with Crippen LogP contribution in [0.4, 0.5) is 0 Å². The van der Waals surface area contributed by atoms with Crippen LogP contribution in [-0.2, 0) is 22.7 Å². The van der Waals surface area contributed by atoms with E-state index >= 15 is 0 Å². The smallest absolute Gasteiger partial charge is 0.303 e. The Labute approximate surface area is 94.0 Å². The van der Waals surface area contributed by atoms with E-state index in [-0.39, 0.29) is 19.2 Å². The van der Waals surface area contributed by atoms with E-state index in [0.29, 0.717) is 17.0 Å². The Bertz CT molecular complexity index is 390. The first kappa shape index (κ1) is 12.4. The van der Waals surface area contributed by atoms with Crippen LogP contribution in [0.25, 0.3) is 0 Å². The van der Waals surface area contributed by atoms with Gasteiger partial charge in [0.25, 0.3) is 0 Å². The van der Waals surface area contributed by atoms with Crippen molar-refractivity contribution in [1.82, 2.24) is 4.98 Å². The number of carbonyl (C=O) groups excluding carboxylic acids is 1. The van der Waals surface area contributed by atoms with Crippen LogP contribution in [0.3, 0.4) is 0 Å². The summed E-state index contributed by atoms with van der Waals surface area (Å²) in [5.41, 5.74) is 2.02. The Morgan fingerprint density at radius 3 is 2.75 bits per heavy atom. The second kappa shape index (κ2) is 5.46. The van der Waals surface area contributed by atoms with Crippen molar-refractivity contribution >= 4 is 5.97 Å². The van der Waals surface area contributed by atoms with Gasteiger partial charge >= 0.3 is 5.97 Å². The van der Waals surface area contributed by atoms with E-state index in [1.54, 1.807) is 0 Å². The van der Waals surface area contributed by atoms with Gasteiger partial charge in [-0.3, -0.25) is 9.78 Å². The highest BCUT2D eigenvalue weighted by atomic mass is 16.5. The fourth-order valence-electron chi connectivity index (χ4n) is 1.40. The van der Waals surface area contributed by atoms with Crippen LogP contribution < -0.4 is 4.74 Å². The van der Waals surface area contributed by atoms with Crippen molar-refractivity contribution < 1.29 is 19.4 Å². The van der Waals surface area contributed by atoms with Crippen molar-refractivity contribution in [3.05, 3.63) is 23.0 Å². The average molecular weight is 225 g/mol. The number of pyridine rings is 1. The minimum Gasteiger partial charge on any atom is -0.496 e. The standard InChI is InChI=1S/C11H15NO4/c1-7-10(6-16-8(2)14)12-4-9(5-13)11(7)15-3/h4,13H,5-6H2,1-3H3. The summed E-state index contributed by atoms with van der Waals surface area (Å²) in [6, 6.07) is 0. The third-order valence-corrected chi connectivity index (χ3v) is 2.23. The predicted molar refractivity (Wildman–Crippen MR) is 56.9 cm³/mol. The Morgan fingerprint density at radius 2 is 2.25 bits per heavy atom. The van der Waals surface area contributed by atoms with Crippen LogP contribution in [0.2, 0.25) is 0 Å². The van der Waals surface area contributed by atoms with E-state index in [1.807, 2.05) is 6.92 Å². The van der Waals surface area contributed by atoms with Crippen LogP contribution >= 0.6 is 0 Å². The molecular weight excluding hydrogens is 210 g/mol. The molecule has 0 unspecified atom stereocenters. The average Bonchev–Trinajstić information content (AvgIpc) is 2.26. The number of esters is 1. The maximum atomic E-state index is 10.7. The summed E-state index contributed by atoms with van der Waals surface area (Å²) in [6.07, 6.45) is 1.52. The lowest BCUT2D eigenvalue weighted by Crippen LogP contribution is -2.06. The van der Waals surface area contributed by atoms with Crippen molar-refractivity contribution in [2.45, 2.75) is 27.1 Å². The third-order valence-electron chi connectivity index (χ3n) is 2.23. The van der Waals surface area contributed by atoms with Crippen LogP contribution in [0, 0.1) is 6.92 Å². The molecule has 16 heavy (non-hydrogen) atoms. The monoisotopic (exact) mass is 225 g/mol. The van der Waals surface area contributed by atoms with Gasteiger partial charge in [0.05, 0.1) is 19.4 Å². The zero-order valence-corrected chi connectivity index (χ0v) is 9.61. The van der Waals surface area contributed by atoms with Gasteiger partial charge in [-0.2, -0.15) is 0 Å². The number of hydrogen-bond donors (Lipinski definition) is 1. The molecule has 1 N–H and O–H groups in total. The second-order valence-corrected chi connectivity index (χ2v) is 3.33. The molecule has 0 aromatic carbocycles. The minimum atomic E-state index is -0.355. The van der Waals surface area contributed by atoms with E-state index in [4.69, 9.17) is 14.6 Å². The first-order valence-corrected chi connectivity index (χ1v) is 4.85. The van der Waals surface area contributed by atoms with Crippen LogP contribution in [-0.4, -0.2) is 23.2 Å². The van der Waals surface area contributed by atoms with Crippen LogP contribution in [0.5, 0.6) is 5.75 Å². The number of aromatic nitrogens is 1. The van der Waals surface area contributed by atoms with E-state index in [9.17, 15) is 4.79 Å². The molecule has 0 saturated heterocycles. The van der Waals surface area contributed by atoms with Gasteiger partial charge in [-0.05, 0) is 6.92 Å². The molecule has 0 saturated carbocycles. The lowest BCUT2D eigenvalue weighted by Gasteiger charge is -2.12. The maximum Gasteiger partial charge on any atom is 0.303 e. The zero-order chi connectivity index (χ0) is 12.1. The molecule has 5 nitrogen and oxygen atoms in total. The Kier molecular flexibility index (Phi) is 4.25. The molecule has 1 aromatic rings. The van der Waals surface area contributed by atoms with E-state index in [2.05, 4.69) is 4.98 Å². The topological polar surface area (TPSA) is 68.7 Å². The summed E-state index contributed by atoms with van der Waals surface area (Å²) in [5.74, 6) is 0.228. The summed E-state index contributed by atoms with van der Waals surface area (Å²) in [7, 11) is 1.52. The highest BCUT2D eigenvalue weighted by molar-refractivity contribution is 5.65. The van der Waals surface area contributed by atoms with Gasteiger partial charge in [0, 0.05) is 24.2 Å². The minimum absolute atomic E-state index is 0.114. The van der Waals surface area contributed by atoms with Crippen molar-refractivity contribution in [2.75, 3.05) is 7.11 Å². The molecule has 0 aliphatic heterocycles. The zero-order valence-electron chi connectivity index (χ0n) is 9.61. The Hall–Kier alpha value is -1.62. The lowest BCUT2D eigenvalue weighted by molar-refractivity contribution is -0.142. The molecule has 0 atom stereocenters. The fraction of sp³-hybridized carbons (Fsp3) is 0.455. The fourth-order valence-corrected chi connectivity index (χ4v) is 1.40. The van der Waals surface area contributed by atoms with E-state index in [1.165, 1.54) is 20.2 Å². The van der Waals surface area contributed by atoms with Crippen LogP contribution in [0.15, 0.2) is 6.20 Å².